The number of hydrogen-bond donors (Lipinski definition) is 2. The van der Waals surface area contributed by atoms with Crippen LogP contribution < -0.4 is 15.9 Å². The highest BCUT2D eigenvalue weighted by atomic mass is 32.1. The normalized spacial score (nSPS) is 10.9. The van der Waals surface area contributed by atoms with E-state index < -0.39 is 0 Å². The van der Waals surface area contributed by atoms with Crippen LogP contribution in [0, 0.1) is 0 Å². The predicted octanol–water partition coefficient (Wildman–Crippen LogP) is 1.97. The van der Waals surface area contributed by atoms with Crippen molar-refractivity contribution in [2.24, 2.45) is 10.8 Å². The summed E-state index contributed by atoms with van der Waals surface area (Å²) in [7, 11) is 0. The van der Waals surface area contributed by atoms with E-state index >= 15 is 0 Å². The summed E-state index contributed by atoms with van der Waals surface area (Å²) in [4.78, 5) is 11.2. The Hall–Kier alpha value is -2.15. The first-order chi connectivity index (χ1) is 10.5. The maximum atomic E-state index is 11.2. The number of nitrogens with two attached hydrogens (primary N) is 1. The maximum absolute atomic E-state index is 11.2. The van der Waals surface area contributed by atoms with Gasteiger partial charge in [0, 0.05) is 6.42 Å². The Morgan fingerprint density at radius 1 is 1.36 bits per heavy atom. The van der Waals surface area contributed by atoms with Crippen LogP contribution in [0.5, 0.6) is 5.75 Å². The summed E-state index contributed by atoms with van der Waals surface area (Å²) in [6.07, 6.45) is 0.987. The molecule has 0 bridgehead atoms. The lowest BCUT2D eigenvalue weighted by molar-refractivity contribution is -0.143. The third-order valence-electron chi connectivity index (χ3n) is 2.71. The van der Waals surface area contributed by atoms with Crippen molar-refractivity contribution in [3.05, 3.63) is 29.8 Å². The average Bonchev–Trinajstić information content (AvgIpc) is 2.50. The van der Waals surface area contributed by atoms with Crippen molar-refractivity contribution in [2.75, 3.05) is 13.2 Å². The highest BCUT2D eigenvalue weighted by molar-refractivity contribution is 7.80. The standard InChI is InChI=1S/C15H21N3O3S/c1-3-20-14(19)5-4-10-21-13-8-6-12(7-9-13)11(2)17-18-15(16)22/h6-9H,3-5,10H2,1-2H3,(H3,16,18,22)/b17-11+. The molecule has 3 N–H and O–H groups in total. The molecule has 0 aliphatic rings. The van der Waals surface area contributed by atoms with Crippen LogP contribution in [0.4, 0.5) is 0 Å². The molecule has 0 saturated carbocycles. The summed E-state index contributed by atoms with van der Waals surface area (Å²) >= 11 is 4.69. The molecule has 0 aliphatic carbocycles. The van der Waals surface area contributed by atoms with Gasteiger partial charge in [-0.2, -0.15) is 5.10 Å². The first-order valence-corrected chi connectivity index (χ1v) is 7.42. The number of hydrazone groups is 1. The topological polar surface area (TPSA) is 85.9 Å². The number of esters is 1. The summed E-state index contributed by atoms with van der Waals surface area (Å²) < 4.78 is 10.4. The van der Waals surface area contributed by atoms with Crippen molar-refractivity contribution in [2.45, 2.75) is 26.7 Å². The van der Waals surface area contributed by atoms with Crippen molar-refractivity contribution in [1.29, 1.82) is 0 Å². The molecule has 0 atom stereocenters. The highest BCUT2D eigenvalue weighted by Crippen LogP contribution is 2.13. The van der Waals surface area contributed by atoms with Gasteiger partial charge in [-0.1, -0.05) is 0 Å². The third-order valence-corrected chi connectivity index (χ3v) is 2.80. The lowest BCUT2D eigenvalue weighted by Gasteiger charge is -2.07. The van der Waals surface area contributed by atoms with E-state index in [0.29, 0.717) is 26.1 Å². The zero-order valence-corrected chi connectivity index (χ0v) is 13.6. The molecule has 0 unspecified atom stereocenters. The van der Waals surface area contributed by atoms with Crippen LogP contribution in [0.15, 0.2) is 29.4 Å². The molecule has 0 saturated heterocycles. The third kappa shape index (κ3) is 7.03. The molecule has 0 aromatic heterocycles. The molecule has 1 rings (SSSR count). The Kier molecular flexibility index (Phi) is 7.91. The molecule has 0 radical (unpaired) electrons. The molecule has 7 heteroatoms. The van der Waals surface area contributed by atoms with E-state index in [2.05, 4.69) is 22.7 Å². The number of nitrogens with one attached hydrogen (secondary N) is 1. The number of rotatable bonds is 8. The van der Waals surface area contributed by atoms with Gasteiger partial charge in [-0.05, 0) is 62.3 Å². The van der Waals surface area contributed by atoms with Crippen LogP contribution in [-0.2, 0) is 9.53 Å². The van der Waals surface area contributed by atoms with Crippen LogP contribution in [-0.4, -0.2) is 30.0 Å². The second kappa shape index (κ2) is 9.73. The monoisotopic (exact) mass is 323 g/mol. The Bertz CT molecular complexity index is 529. The van der Waals surface area contributed by atoms with Crippen LogP contribution in [0.1, 0.15) is 32.3 Å². The van der Waals surface area contributed by atoms with Gasteiger partial charge < -0.3 is 15.2 Å². The summed E-state index contributed by atoms with van der Waals surface area (Å²) in [6.45, 7) is 4.51. The second-order valence-electron chi connectivity index (χ2n) is 4.45. The predicted molar refractivity (Wildman–Crippen MR) is 89.9 cm³/mol. The fourth-order valence-electron chi connectivity index (χ4n) is 1.64. The number of benzene rings is 1. The minimum Gasteiger partial charge on any atom is -0.494 e. The quantitative estimate of drug-likeness (QED) is 0.250. The molecule has 1 aromatic carbocycles. The van der Waals surface area contributed by atoms with Crippen molar-refractivity contribution in [1.82, 2.24) is 5.43 Å². The van der Waals surface area contributed by atoms with Crippen molar-refractivity contribution in [3.63, 3.8) is 0 Å². The van der Waals surface area contributed by atoms with Crippen molar-refractivity contribution < 1.29 is 14.3 Å². The van der Waals surface area contributed by atoms with Gasteiger partial charge in [0.1, 0.15) is 5.75 Å². The van der Waals surface area contributed by atoms with Crippen LogP contribution in [0.3, 0.4) is 0 Å². The Labute approximate surface area is 135 Å². The largest absolute Gasteiger partial charge is 0.494 e. The molecule has 0 aliphatic heterocycles. The van der Waals surface area contributed by atoms with Gasteiger partial charge in [-0.25, -0.2) is 0 Å². The fraction of sp³-hybridized carbons (Fsp3) is 0.400. The highest BCUT2D eigenvalue weighted by Gasteiger charge is 2.02. The molecule has 0 fully saturated rings. The van der Waals surface area contributed by atoms with Crippen LogP contribution >= 0.6 is 12.2 Å². The van der Waals surface area contributed by atoms with Gasteiger partial charge in [0.25, 0.3) is 0 Å². The summed E-state index contributed by atoms with van der Waals surface area (Å²) in [5.74, 6) is 0.543. The smallest absolute Gasteiger partial charge is 0.305 e. The second-order valence-corrected chi connectivity index (χ2v) is 4.89. The molecule has 1 aromatic rings. The lowest BCUT2D eigenvalue weighted by atomic mass is 10.1. The van der Waals surface area contributed by atoms with Crippen molar-refractivity contribution in [3.8, 4) is 5.75 Å². The summed E-state index contributed by atoms with van der Waals surface area (Å²) in [5, 5.41) is 4.17. The molecule has 0 amide bonds. The number of carbonyl (C=O) groups is 1. The van der Waals surface area contributed by atoms with E-state index in [4.69, 9.17) is 15.2 Å². The number of nitrogens with zero attached hydrogens (tertiary/aromatic N) is 1. The Balaban J connectivity index is 2.40. The van der Waals surface area contributed by atoms with Crippen LogP contribution in [0.25, 0.3) is 0 Å². The lowest BCUT2D eigenvalue weighted by Crippen LogP contribution is -2.25. The summed E-state index contributed by atoms with van der Waals surface area (Å²) in [6, 6.07) is 7.47. The fourth-order valence-corrected chi connectivity index (χ4v) is 1.68. The van der Waals surface area contributed by atoms with Crippen LogP contribution in [0.2, 0.25) is 0 Å². The Morgan fingerprint density at radius 2 is 2.05 bits per heavy atom. The van der Waals surface area contributed by atoms with Gasteiger partial charge in [0.2, 0.25) is 0 Å². The number of thiocarbonyl (C=S) groups is 1. The summed E-state index contributed by atoms with van der Waals surface area (Å²) in [5.41, 5.74) is 9.55. The van der Waals surface area contributed by atoms with E-state index in [1.165, 1.54) is 0 Å². The first kappa shape index (κ1) is 17.9. The molecule has 6 nitrogen and oxygen atoms in total. The number of hydrogen-bond acceptors (Lipinski definition) is 5. The molecule has 0 spiro atoms. The minimum absolute atomic E-state index is 0.126. The molecular weight excluding hydrogens is 302 g/mol. The molecule has 22 heavy (non-hydrogen) atoms. The average molecular weight is 323 g/mol. The molecule has 120 valence electrons. The van der Waals surface area contributed by atoms with E-state index in [1.807, 2.05) is 31.2 Å². The van der Waals surface area contributed by atoms with Gasteiger partial charge in [0.05, 0.1) is 18.9 Å². The van der Waals surface area contributed by atoms with Gasteiger partial charge >= 0.3 is 5.97 Å². The van der Waals surface area contributed by atoms with E-state index in [9.17, 15) is 4.79 Å². The van der Waals surface area contributed by atoms with E-state index in [1.54, 1.807) is 6.92 Å². The van der Waals surface area contributed by atoms with Crippen molar-refractivity contribution >= 4 is 29.0 Å². The van der Waals surface area contributed by atoms with E-state index in [0.717, 1.165) is 17.0 Å². The molecule has 0 heterocycles. The first-order valence-electron chi connectivity index (χ1n) is 7.01. The molecular formula is C15H21N3O3S. The Morgan fingerprint density at radius 3 is 2.64 bits per heavy atom. The van der Waals surface area contributed by atoms with Gasteiger partial charge in [-0.3, -0.25) is 10.2 Å². The number of carbonyl (C=O) groups excluding carboxylic acids is 1. The van der Waals surface area contributed by atoms with Gasteiger partial charge in [0.15, 0.2) is 5.11 Å². The maximum Gasteiger partial charge on any atom is 0.305 e. The number of ether oxygens (including phenoxy) is 2. The zero-order chi connectivity index (χ0) is 16.4. The van der Waals surface area contributed by atoms with E-state index in [-0.39, 0.29) is 11.1 Å². The SMILES string of the molecule is CCOC(=O)CCCOc1ccc(/C(C)=N/NC(N)=S)cc1. The van der Waals surface area contributed by atoms with Gasteiger partial charge in [-0.15, -0.1) is 0 Å². The zero-order valence-electron chi connectivity index (χ0n) is 12.8. The minimum atomic E-state index is -0.196.